The van der Waals surface area contributed by atoms with Gasteiger partial charge < -0.3 is 15.5 Å². The van der Waals surface area contributed by atoms with Crippen LogP contribution < -0.4 is 17.0 Å². The molecule has 0 atom stereocenters. The van der Waals surface area contributed by atoms with Gasteiger partial charge in [0.1, 0.15) is 11.3 Å². The number of aromatic amines is 2. The molecule has 2 heterocycles. The first-order valence-corrected chi connectivity index (χ1v) is 5.58. The van der Waals surface area contributed by atoms with Crippen molar-refractivity contribution in [3.8, 4) is 0 Å². The van der Waals surface area contributed by atoms with Crippen molar-refractivity contribution in [3.05, 3.63) is 26.7 Å². The quantitative estimate of drug-likeness (QED) is 0.603. The van der Waals surface area contributed by atoms with E-state index in [1.807, 2.05) is 0 Å². The van der Waals surface area contributed by atoms with Gasteiger partial charge in [0.2, 0.25) is 0 Å². The van der Waals surface area contributed by atoms with Crippen molar-refractivity contribution >= 4 is 11.2 Å². The van der Waals surface area contributed by atoms with Gasteiger partial charge in [0.15, 0.2) is 5.65 Å². The number of H-pyrrole nitrogens is 2. The van der Waals surface area contributed by atoms with Crippen molar-refractivity contribution in [1.29, 1.82) is 0 Å². The highest BCUT2D eigenvalue weighted by Crippen LogP contribution is 2.05. The molecule has 2 aromatic rings. The molecular weight excluding hydrogens is 238 g/mol. The number of nitrogens with two attached hydrogens (primary N) is 1. The lowest BCUT2D eigenvalue weighted by Gasteiger charge is -2.04. The van der Waals surface area contributed by atoms with E-state index in [1.165, 1.54) is 11.7 Å². The molecule has 0 aliphatic carbocycles. The minimum Gasteiger partial charge on any atom is -0.383 e. The average molecular weight is 253 g/mol. The average Bonchev–Trinajstić information content (AvgIpc) is 2.73. The van der Waals surface area contributed by atoms with E-state index >= 15 is 0 Å². The summed E-state index contributed by atoms with van der Waals surface area (Å²) in [6.45, 7) is 1.11. The molecule has 0 radical (unpaired) electrons. The van der Waals surface area contributed by atoms with Crippen LogP contribution in [0.4, 0.5) is 0 Å². The van der Waals surface area contributed by atoms with E-state index in [9.17, 15) is 9.59 Å². The Kier molecular flexibility index (Phi) is 3.58. The molecule has 4 N–H and O–H groups in total. The Balaban J connectivity index is 2.60. The lowest BCUT2D eigenvalue weighted by atomic mass is 10.4. The number of nitrogens with one attached hydrogen (secondary N) is 2. The minimum atomic E-state index is -0.490. The van der Waals surface area contributed by atoms with Crippen LogP contribution >= 0.6 is 0 Å². The molecule has 98 valence electrons. The normalized spacial score (nSPS) is 11.2. The fraction of sp³-hybridized carbons (Fsp3) is 0.500. The Labute approximate surface area is 102 Å². The van der Waals surface area contributed by atoms with Crippen LogP contribution in [-0.2, 0) is 17.7 Å². The van der Waals surface area contributed by atoms with Crippen LogP contribution in [0.15, 0.2) is 9.59 Å². The summed E-state index contributed by atoms with van der Waals surface area (Å²) in [6, 6.07) is 0. The predicted octanol–water partition coefficient (Wildman–Crippen LogP) is -1.44. The summed E-state index contributed by atoms with van der Waals surface area (Å²) in [7, 11) is 1.54. The zero-order chi connectivity index (χ0) is 13.1. The Bertz CT molecular complexity index is 654. The molecule has 0 fully saturated rings. The van der Waals surface area contributed by atoms with Gasteiger partial charge in [-0.1, -0.05) is 0 Å². The van der Waals surface area contributed by atoms with Crippen molar-refractivity contribution in [1.82, 2.24) is 19.5 Å². The third kappa shape index (κ3) is 2.20. The van der Waals surface area contributed by atoms with Crippen LogP contribution in [0.5, 0.6) is 0 Å². The molecule has 0 bridgehead atoms. The highest BCUT2D eigenvalue weighted by atomic mass is 16.5. The number of imidazole rings is 1. The van der Waals surface area contributed by atoms with E-state index in [4.69, 9.17) is 10.5 Å². The van der Waals surface area contributed by atoms with Crippen LogP contribution in [0.1, 0.15) is 5.82 Å². The molecule has 18 heavy (non-hydrogen) atoms. The van der Waals surface area contributed by atoms with Crippen LogP contribution in [0.3, 0.4) is 0 Å². The molecule has 0 aromatic carbocycles. The Morgan fingerprint density at radius 2 is 2.17 bits per heavy atom. The van der Waals surface area contributed by atoms with E-state index in [2.05, 4.69) is 15.0 Å². The molecule has 0 saturated heterocycles. The topological polar surface area (TPSA) is 119 Å². The second-order valence-electron chi connectivity index (χ2n) is 3.82. The zero-order valence-corrected chi connectivity index (χ0v) is 10.0. The van der Waals surface area contributed by atoms with Gasteiger partial charge in [-0.2, -0.15) is 0 Å². The molecule has 0 unspecified atom stereocenters. The second kappa shape index (κ2) is 5.15. The molecule has 8 heteroatoms. The van der Waals surface area contributed by atoms with Crippen LogP contribution in [0, 0.1) is 0 Å². The number of hydrogen-bond donors (Lipinski definition) is 3. The number of ether oxygens (including phenoxy) is 1. The van der Waals surface area contributed by atoms with Crippen molar-refractivity contribution in [3.63, 3.8) is 0 Å². The molecule has 0 amide bonds. The number of rotatable bonds is 5. The summed E-state index contributed by atoms with van der Waals surface area (Å²) < 4.78 is 6.30. The van der Waals surface area contributed by atoms with Gasteiger partial charge >= 0.3 is 5.69 Å². The number of hydrogen-bond acceptors (Lipinski definition) is 5. The zero-order valence-electron chi connectivity index (χ0n) is 10.0. The number of aromatic nitrogens is 4. The lowest BCUT2D eigenvalue weighted by molar-refractivity contribution is 0.187. The monoisotopic (exact) mass is 253 g/mol. The summed E-state index contributed by atoms with van der Waals surface area (Å²) in [5.41, 5.74) is 5.09. The van der Waals surface area contributed by atoms with Gasteiger partial charge in [-0.3, -0.25) is 14.3 Å². The number of fused-ring (bicyclic) bond motifs is 1. The lowest BCUT2D eigenvalue weighted by Crippen LogP contribution is -2.31. The molecule has 8 nitrogen and oxygen atoms in total. The standard InChI is InChI=1S/C10H15N5O3/c1-18-5-4-15-8-7(9(16)14-10(15)17)12-6(13-8)2-3-11/h2-5,11H2,1H3,(H,12,13)(H,14,16,17). The fourth-order valence-electron chi connectivity index (χ4n) is 1.73. The van der Waals surface area contributed by atoms with Crippen molar-refractivity contribution in [2.24, 2.45) is 5.73 Å². The van der Waals surface area contributed by atoms with Crippen LogP contribution in [-0.4, -0.2) is 39.8 Å². The molecule has 0 aliphatic heterocycles. The van der Waals surface area contributed by atoms with Crippen molar-refractivity contribution < 1.29 is 4.74 Å². The molecule has 0 saturated carbocycles. The van der Waals surface area contributed by atoms with Crippen molar-refractivity contribution in [2.75, 3.05) is 20.3 Å². The van der Waals surface area contributed by atoms with E-state index in [0.29, 0.717) is 37.6 Å². The Morgan fingerprint density at radius 3 is 2.83 bits per heavy atom. The highest BCUT2D eigenvalue weighted by molar-refractivity contribution is 5.69. The molecule has 2 rings (SSSR count). The Hall–Kier alpha value is -1.93. The number of nitrogens with zero attached hydrogens (tertiary/aromatic N) is 2. The number of methoxy groups -OCH3 is 1. The van der Waals surface area contributed by atoms with Gasteiger partial charge in [-0.05, 0) is 6.54 Å². The third-order valence-corrected chi connectivity index (χ3v) is 2.58. The van der Waals surface area contributed by atoms with E-state index in [0.717, 1.165) is 0 Å². The van der Waals surface area contributed by atoms with Gasteiger partial charge in [-0.25, -0.2) is 9.78 Å². The SMILES string of the molecule is COCCn1c(=O)[nH]c(=O)c2[nH]c(CCN)nc21. The van der Waals surface area contributed by atoms with E-state index < -0.39 is 11.2 Å². The summed E-state index contributed by atoms with van der Waals surface area (Å²) in [5, 5.41) is 0. The maximum atomic E-state index is 11.7. The second-order valence-corrected chi connectivity index (χ2v) is 3.82. The maximum Gasteiger partial charge on any atom is 0.330 e. The first-order chi connectivity index (χ1) is 8.67. The van der Waals surface area contributed by atoms with Gasteiger partial charge in [0.05, 0.1) is 13.2 Å². The summed E-state index contributed by atoms with van der Waals surface area (Å²) in [4.78, 5) is 32.7. The Morgan fingerprint density at radius 1 is 1.39 bits per heavy atom. The summed E-state index contributed by atoms with van der Waals surface area (Å²) in [6.07, 6.45) is 0.520. The fourth-order valence-corrected chi connectivity index (χ4v) is 1.73. The largest absolute Gasteiger partial charge is 0.383 e. The minimum absolute atomic E-state index is 0.286. The van der Waals surface area contributed by atoms with Crippen LogP contribution in [0.25, 0.3) is 11.2 Å². The van der Waals surface area contributed by atoms with Gasteiger partial charge in [-0.15, -0.1) is 0 Å². The van der Waals surface area contributed by atoms with E-state index in [1.54, 1.807) is 0 Å². The predicted molar refractivity (Wildman–Crippen MR) is 65.6 cm³/mol. The summed E-state index contributed by atoms with van der Waals surface area (Å²) in [5.74, 6) is 0.592. The van der Waals surface area contributed by atoms with E-state index in [-0.39, 0.29) is 5.52 Å². The first-order valence-electron chi connectivity index (χ1n) is 5.58. The first kappa shape index (κ1) is 12.5. The highest BCUT2D eigenvalue weighted by Gasteiger charge is 2.12. The van der Waals surface area contributed by atoms with Crippen LogP contribution in [0.2, 0.25) is 0 Å². The van der Waals surface area contributed by atoms with Gasteiger partial charge in [0, 0.05) is 13.5 Å². The molecular formula is C10H15N5O3. The summed E-state index contributed by atoms with van der Waals surface area (Å²) >= 11 is 0. The molecule has 0 aliphatic rings. The van der Waals surface area contributed by atoms with Crippen molar-refractivity contribution in [2.45, 2.75) is 13.0 Å². The third-order valence-electron chi connectivity index (χ3n) is 2.58. The smallest absolute Gasteiger partial charge is 0.330 e. The molecule has 0 spiro atoms. The maximum absolute atomic E-state index is 11.7. The molecule has 2 aromatic heterocycles. The van der Waals surface area contributed by atoms with Gasteiger partial charge in [0.25, 0.3) is 5.56 Å².